The van der Waals surface area contributed by atoms with Gasteiger partial charge in [0.1, 0.15) is 5.75 Å². The lowest BCUT2D eigenvalue weighted by molar-refractivity contribution is 0.475. The topological polar surface area (TPSA) is 20.2 Å². The predicted molar refractivity (Wildman–Crippen MR) is 72.3 cm³/mol. The molecule has 0 radical (unpaired) electrons. The van der Waals surface area contributed by atoms with Crippen molar-refractivity contribution in [1.82, 2.24) is 0 Å². The highest BCUT2D eigenvalue weighted by Gasteiger charge is 2.10. The van der Waals surface area contributed by atoms with Crippen LogP contribution in [0.3, 0.4) is 0 Å². The Kier molecular flexibility index (Phi) is 3.06. The second-order valence-corrected chi connectivity index (χ2v) is 4.47. The number of hydrogen-bond donors (Lipinski definition) is 1. The maximum atomic E-state index is 9.74. The molecule has 2 aromatic carbocycles. The molecule has 0 atom stereocenters. The van der Waals surface area contributed by atoms with Crippen molar-refractivity contribution >= 4 is 10.8 Å². The van der Waals surface area contributed by atoms with E-state index in [-0.39, 0.29) is 0 Å². The molecule has 0 bridgehead atoms. The molecule has 1 heteroatoms. The van der Waals surface area contributed by atoms with Crippen LogP contribution in [0.4, 0.5) is 0 Å². The van der Waals surface area contributed by atoms with Gasteiger partial charge in [-0.05, 0) is 42.0 Å². The lowest BCUT2D eigenvalue weighted by Crippen LogP contribution is -1.92. The third-order valence-electron chi connectivity index (χ3n) is 2.87. The Morgan fingerprint density at radius 2 is 1.94 bits per heavy atom. The molecule has 0 amide bonds. The summed E-state index contributed by atoms with van der Waals surface area (Å²) < 4.78 is 0. The number of benzene rings is 2. The van der Waals surface area contributed by atoms with Crippen LogP contribution in [-0.4, -0.2) is 5.11 Å². The van der Waals surface area contributed by atoms with Gasteiger partial charge >= 0.3 is 0 Å². The van der Waals surface area contributed by atoms with Gasteiger partial charge in [-0.1, -0.05) is 31.9 Å². The van der Waals surface area contributed by atoms with Crippen molar-refractivity contribution in [2.45, 2.75) is 26.7 Å². The van der Waals surface area contributed by atoms with Crippen molar-refractivity contribution < 1.29 is 5.11 Å². The van der Waals surface area contributed by atoms with Crippen molar-refractivity contribution in [3.63, 3.8) is 0 Å². The van der Waals surface area contributed by atoms with Gasteiger partial charge in [-0.15, -0.1) is 5.92 Å². The van der Waals surface area contributed by atoms with Gasteiger partial charge in [0.25, 0.3) is 0 Å². The van der Waals surface area contributed by atoms with Gasteiger partial charge in [-0.3, -0.25) is 0 Å². The van der Waals surface area contributed by atoms with Crippen LogP contribution in [0.1, 0.15) is 37.8 Å². The van der Waals surface area contributed by atoms with Crippen molar-refractivity contribution in [2.75, 3.05) is 0 Å². The third-order valence-corrected chi connectivity index (χ3v) is 2.87. The first kappa shape index (κ1) is 11.5. The Morgan fingerprint density at radius 3 is 2.59 bits per heavy atom. The fourth-order valence-corrected chi connectivity index (χ4v) is 2.14. The lowest BCUT2D eigenvalue weighted by atomic mass is 9.92. The van der Waals surface area contributed by atoms with Gasteiger partial charge in [0, 0.05) is 10.9 Å². The fourth-order valence-electron chi connectivity index (χ4n) is 2.14. The summed E-state index contributed by atoms with van der Waals surface area (Å²) in [5, 5.41) is 12.0. The number of phenolic OH excluding ortho intramolecular Hbond substituents is 1. The smallest absolute Gasteiger partial charge is 0.116 e. The fraction of sp³-hybridized carbons (Fsp3) is 0.250. The van der Waals surface area contributed by atoms with E-state index in [1.165, 1.54) is 0 Å². The minimum absolute atomic E-state index is 0.322. The maximum Gasteiger partial charge on any atom is 0.116 e. The SMILES string of the molecule is CC#Cc1cccc2cc(O)cc(C(C)C)c12. The Labute approximate surface area is 102 Å². The van der Waals surface area contributed by atoms with Crippen LogP contribution in [0.25, 0.3) is 10.8 Å². The van der Waals surface area contributed by atoms with E-state index in [1.54, 1.807) is 6.07 Å². The summed E-state index contributed by atoms with van der Waals surface area (Å²) in [5.41, 5.74) is 2.19. The largest absolute Gasteiger partial charge is 0.508 e. The molecule has 17 heavy (non-hydrogen) atoms. The van der Waals surface area contributed by atoms with Gasteiger partial charge in [0.15, 0.2) is 0 Å². The number of phenols is 1. The van der Waals surface area contributed by atoms with Gasteiger partial charge in [-0.2, -0.15) is 0 Å². The zero-order chi connectivity index (χ0) is 12.4. The lowest BCUT2D eigenvalue weighted by Gasteiger charge is -2.12. The monoisotopic (exact) mass is 224 g/mol. The van der Waals surface area contributed by atoms with E-state index in [1.807, 2.05) is 31.2 Å². The first-order valence-electron chi connectivity index (χ1n) is 5.82. The summed E-state index contributed by atoms with van der Waals surface area (Å²) in [5.74, 6) is 6.77. The molecule has 0 saturated carbocycles. The first-order valence-corrected chi connectivity index (χ1v) is 5.82. The molecule has 0 aliphatic heterocycles. The molecule has 0 saturated heterocycles. The van der Waals surface area contributed by atoms with E-state index in [9.17, 15) is 5.11 Å². The summed E-state index contributed by atoms with van der Waals surface area (Å²) in [6, 6.07) is 9.66. The molecule has 86 valence electrons. The standard InChI is InChI=1S/C16H16O/c1-4-6-12-7-5-8-13-9-14(17)10-15(11(2)3)16(12)13/h5,7-11,17H,1-3H3. The van der Waals surface area contributed by atoms with E-state index in [4.69, 9.17) is 0 Å². The zero-order valence-electron chi connectivity index (χ0n) is 10.4. The van der Waals surface area contributed by atoms with Crippen LogP contribution >= 0.6 is 0 Å². The number of aromatic hydroxyl groups is 1. The molecule has 1 N–H and O–H groups in total. The van der Waals surface area contributed by atoms with E-state index in [0.717, 1.165) is 21.9 Å². The molecule has 1 nitrogen and oxygen atoms in total. The quantitative estimate of drug-likeness (QED) is 0.725. The summed E-state index contributed by atoms with van der Waals surface area (Å²) in [6.45, 7) is 6.10. The van der Waals surface area contributed by atoms with Crippen LogP contribution in [0.5, 0.6) is 5.75 Å². The average Bonchev–Trinajstić information content (AvgIpc) is 2.28. The van der Waals surface area contributed by atoms with Crippen LogP contribution in [0, 0.1) is 11.8 Å². The summed E-state index contributed by atoms with van der Waals surface area (Å²) in [6.07, 6.45) is 0. The first-order chi connectivity index (χ1) is 8.13. The summed E-state index contributed by atoms with van der Waals surface area (Å²) >= 11 is 0. The van der Waals surface area contributed by atoms with Crippen molar-refractivity contribution in [2.24, 2.45) is 0 Å². The van der Waals surface area contributed by atoms with Crippen molar-refractivity contribution in [1.29, 1.82) is 0 Å². The molecular formula is C16H16O. The van der Waals surface area contributed by atoms with E-state index in [2.05, 4.69) is 25.7 Å². The molecule has 0 fully saturated rings. The Balaban J connectivity index is 2.89. The van der Waals surface area contributed by atoms with Gasteiger partial charge < -0.3 is 5.11 Å². The van der Waals surface area contributed by atoms with Crippen molar-refractivity contribution in [3.05, 3.63) is 41.5 Å². The highest BCUT2D eigenvalue weighted by Crippen LogP contribution is 2.31. The summed E-state index contributed by atoms with van der Waals surface area (Å²) in [4.78, 5) is 0. The van der Waals surface area contributed by atoms with E-state index in [0.29, 0.717) is 11.7 Å². The molecule has 2 rings (SSSR count). The molecule has 0 heterocycles. The zero-order valence-corrected chi connectivity index (χ0v) is 10.4. The molecular weight excluding hydrogens is 208 g/mol. The number of hydrogen-bond acceptors (Lipinski definition) is 1. The normalized spacial score (nSPS) is 10.4. The van der Waals surface area contributed by atoms with Crippen molar-refractivity contribution in [3.8, 4) is 17.6 Å². The molecule has 0 unspecified atom stereocenters. The van der Waals surface area contributed by atoms with Crippen LogP contribution in [-0.2, 0) is 0 Å². The predicted octanol–water partition coefficient (Wildman–Crippen LogP) is 4.04. The highest BCUT2D eigenvalue weighted by molar-refractivity contribution is 5.92. The second-order valence-electron chi connectivity index (χ2n) is 4.47. The maximum absolute atomic E-state index is 9.74. The minimum atomic E-state index is 0.322. The second kappa shape index (κ2) is 4.51. The van der Waals surface area contributed by atoms with E-state index >= 15 is 0 Å². The van der Waals surface area contributed by atoms with Crippen LogP contribution in [0.2, 0.25) is 0 Å². The molecule has 2 aromatic rings. The Hall–Kier alpha value is -1.94. The Morgan fingerprint density at radius 1 is 1.18 bits per heavy atom. The van der Waals surface area contributed by atoms with E-state index < -0.39 is 0 Å². The van der Waals surface area contributed by atoms with Gasteiger partial charge in [0.05, 0.1) is 0 Å². The third kappa shape index (κ3) is 2.12. The van der Waals surface area contributed by atoms with Gasteiger partial charge in [-0.25, -0.2) is 0 Å². The number of fused-ring (bicyclic) bond motifs is 1. The highest BCUT2D eigenvalue weighted by atomic mass is 16.3. The molecule has 0 aliphatic rings. The average molecular weight is 224 g/mol. The Bertz CT molecular complexity index is 612. The van der Waals surface area contributed by atoms with Crippen LogP contribution < -0.4 is 0 Å². The molecule has 0 aliphatic carbocycles. The van der Waals surface area contributed by atoms with Crippen LogP contribution in [0.15, 0.2) is 30.3 Å². The molecule has 0 spiro atoms. The van der Waals surface area contributed by atoms with Gasteiger partial charge in [0.2, 0.25) is 0 Å². The molecule has 0 aromatic heterocycles. The number of rotatable bonds is 1. The minimum Gasteiger partial charge on any atom is -0.508 e. The summed E-state index contributed by atoms with van der Waals surface area (Å²) in [7, 11) is 0.